The molecule has 0 amide bonds. The van der Waals surface area contributed by atoms with Gasteiger partial charge < -0.3 is 10.9 Å². The number of nitrogens with zero attached hydrogens (tertiary/aromatic N) is 4. The van der Waals surface area contributed by atoms with Crippen LogP contribution in [0.3, 0.4) is 0 Å². The summed E-state index contributed by atoms with van der Waals surface area (Å²) in [5.74, 6) is -0.320. The van der Waals surface area contributed by atoms with E-state index in [4.69, 9.17) is 10.9 Å². The van der Waals surface area contributed by atoms with Crippen LogP contribution in [-0.4, -0.2) is 25.8 Å². The van der Waals surface area contributed by atoms with Gasteiger partial charge in [0.2, 0.25) is 0 Å². The van der Waals surface area contributed by atoms with Crippen LogP contribution in [0.1, 0.15) is 11.4 Å². The van der Waals surface area contributed by atoms with Crippen molar-refractivity contribution in [1.82, 2.24) is 14.8 Å². The van der Waals surface area contributed by atoms with Gasteiger partial charge >= 0.3 is 6.18 Å². The summed E-state index contributed by atoms with van der Waals surface area (Å²) in [4.78, 5) is 3.84. The highest BCUT2D eigenvalue weighted by Gasteiger charge is 2.33. The first kappa shape index (κ1) is 12.9. The summed E-state index contributed by atoms with van der Waals surface area (Å²) in [6.07, 6.45) is -2.05. The first-order valence-corrected chi connectivity index (χ1v) is 4.99. The standard InChI is InChI=1S/C10H8F3N5O/c11-10(12,13)7-3-5-18(16-7)6-2-1-4-15-8(6)9(14)17-19/h1-5,19H,(H2,14,17). The normalized spacial score (nSPS) is 12.7. The van der Waals surface area contributed by atoms with Crippen LogP contribution in [0, 0.1) is 0 Å². The molecule has 0 saturated heterocycles. The minimum absolute atomic E-state index is 0.0295. The number of hydrogen-bond acceptors (Lipinski definition) is 4. The topological polar surface area (TPSA) is 89.3 Å². The van der Waals surface area contributed by atoms with Gasteiger partial charge in [-0.2, -0.15) is 18.3 Å². The molecule has 0 aliphatic rings. The summed E-state index contributed by atoms with van der Waals surface area (Å²) < 4.78 is 38.3. The van der Waals surface area contributed by atoms with Crippen LogP contribution in [0.15, 0.2) is 35.7 Å². The van der Waals surface area contributed by atoms with E-state index in [1.807, 2.05) is 0 Å². The molecule has 100 valence electrons. The van der Waals surface area contributed by atoms with E-state index >= 15 is 0 Å². The molecule has 6 nitrogen and oxygen atoms in total. The van der Waals surface area contributed by atoms with Gasteiger partial charge in [0.1, 0.15) is 5.69 Å². The van der Waals surface area contributed by atoms with Gasteiger partial charge in [-0.3, -0.25) is 4.98 Å². The maximum atomic E-state index is 12.5. The third-order valence-corrected chi connectivity index (χ3v) is 2.26. The van der Waals surface area contributed by atoms with E-state index in [0.717, 1.165) is 16.9 Å². The molecule has 0 fully saturated rings. The number of halogens is 3. The van der Waals surface area contributed by atoms with E-state index in [9.17, 15) is 13.2 Å². The van der Waals surface area contributed by atoms with Crippen LogP contribution in [0.25, 0.3) is 5.69 Å². The molecular formula is C10H8F3N5O. The van der Waals surface area contributed by atoms with Crippen molar-refractivity contribution >= 4 is 5.84 Å². The van der Waals surface area contributed by atoms with Crippen LogP contribution < -0.4 is 5.73 Å². The number of alkyl halides is 3. The Morgan fingerprint density at radius 1 is 1.37 bits per heavy atom. The molecule has 2 aromatic heterocycles. The van der Waals surface area contributed by atoms with Gasteiger partial charge in [0.05, 0.1) is 5.69 Å². The fraction of sp³-hybridized carbons (Fsp3) is 0.100. The second-order valence-corrected chi connectivity index (χ2v) is 3.50. The van der Waals surface area contributed by atoms with Gasteiger partial charge in [0.15, 0.2) is 11.5 Å². The molecule has 0 bridgehead atoms. The quantitative estimate of drug-likeness (QED) is 0.374. The zero-order valence-corrected chi connectivity index (χ0v) is 9.33. The number of aromatic nitrogens is 3. The summed E-state index contributed by atoms with van der Waals surface area (Å²) in [6, 6.07) is 3.77. The highest BCUT2D eigenvalue weighted by molar-refractivity contribution is 5.98. The van der Waals surface area contributed by atoms with Crippen LogP contribution >= 0.6 is 0 Å². The monoisotopic (exact) mass is 271 g/mol. The molecule has 0 unspecified atom stereocenters. The summed E-state index contributed by atoms with van der Waals surface area (Å²) in [6.45, 7) is 0. The van der Waals surface area contributed by atoms with E-state index < -0.39 is 11.9 Å². The van der Waals surface area contributed by atoms with Crippen molar-refractivity contribution < 1.29 is 18.4 Å². The Labute approximate surface area is 105 Å². The number of nitrogens with two attached hydrogens (primary N) is 1. The molecule has 3 N–H and O–H groups in total. The molecule has 0 saturated carbocycles. The van der Waals surface area contributed by atoms with Crippen LogP contribution in [-0.2, 0) is 6.18 Å². The second-order valence-electron chi connectivity index (χ2n) is 3.50. The molecule has 19 heavy (non-hydrogen) atoms. The van der Waals surface area contributed by atoms with Gasteiger partial charge in [-0.1, -0.05) is 5.16 Å². The van der Waals surface area contributed by atoms with Gasteiger partial charge in [-0.25, -0.2) is 4.68 Å². The lowest BCUT2D eigenvalue weighted by Gasteiger charge is -2.07. The Balaban J connectivity index is 2.51. The summed E-state index contributed by atoms with van der Waals surface area (Å²) in [5.41, 5.74) is 4.56. The van der Waals surface area contributed by atoms with E-state index in [2.05, 4.69) is 15.2 Å². The number of oxime groups is 1. The lowest BCUT2D eigenvalue weighted by atomic mass is 10.3. The van der Waals surface area contributed by atoms with Gasteiger partial charge in [0, 0.05) is 12.4 Å². The molecule has 9 heteroatoms. The van der Waals surface area contributed by atoms with Crippen molar-refractivity contribution in [1.29, 1.82) is 0 Å². The fourth-order valence-corrected chi connectivity index (χ4v) is 1.44. The highest BCUT2D eigenvalue weighted by Crippen LogP contribution is 2.28. The molecule has 2 aromatic rings. The van der Waals surface area contributed by atoms with Crippen molar-refractivity contribution in [2.24, 2.45) is 10.9 Å². The molecular weight excluding hydrogens is 263 g/mol. The molecule has 0 aliphatic carbocycles. The summed E-state index contributed by atoms with van der Waals surface area (Å²) >= 11 is 0. The predicted octanol–water partition coefficient (Wildman–Crippen LogP) is 1.38. The predicted molar refractivity (Wildman–Crippen MR) is 58.9 cm³/mol. The minimum Gasteiger partial charge on any atom is -0.409 e. The second kappa shape index (κ2) is 4.59. The third kappa shape index (κ3) is 2.49. The molecule has 2 heterocycles. The van der Waals surface area contributed by atoms with Gasteiger partial charge in [-0.05, 0) is 18.2 Å². The Kier molecular flexibility index (Phi) is 3.11. The van der Waals surface area contributed by atoms with E-state index in [1.54, 1.807) is 0 Å². The smallest absolute Gasteiger partial charge is 0.409 e. The Morgan fingerprint density at radius 2 is 2.11 bits per heavy atom. The lowest BCUT2D eigenvalue weighted by molar-refractivity contribution is -0.141. The van der Waals surface area contributed by atoms with Crippen molar-refractivity contribution in [3.8, 4) is 5.69 Å². The molecule has 0 radical (unpaired) electrons. The lowest BCUT2D eigenvalue weighted by Crippen LogP contribution is -2.18. The third-order valence-electron chi connectivity index (χ3n) is 2.26. The number of hydrogen-bond donors (Lipinski definition) is 2. The maximum Gasteiger partial charge on any atom is 0.435 e. The Hall–Kier alpha value is -2.58. The average molecular weight is 271 g/mol. The molecule has 0 aromatic carbocycles. The van der Waals surface area contributed by atoms with Crippen molar-refractivity contribution in [3.05, 3.63) is 42.0 Å². The van der Waals surface area contributed by atoms with Gasteiger partial charge in [0.25, 0.3) is 0 Å². The van der Waals surface area contributed by atoms with Crippen molar-refractivity contribution in [2.75, 3.05) is 0 Å². The highest BCUT2D eigenvalue weighted by atomic mass is 19.4. The summed E-state index contributed by atoms with van der Waals surface area (Å²) in [7, 11) is 0. The van der Waals surface area contributed by atoms with Crippen LogP contribution in [0.5, 0.6) is 0 Å². The number of pyridine rings is 1. The van der Waals surface area contributed by atoms with E-state index in [0.29, 0.717) is 0 Å². The Morgan fingerprint density at radius 3 is 2.68 bits per heavy atom. The SMILES string of the molecule is N/C(=N/O)c1ncccc1-n1ccc(C(F)(F)F)n1. The first-order valence-electron chi connectivity index (χ1n) is 4.99. The van der Waals surface area contributed by atoms with Crippen molar-refractivity contribution in [3.63, 3.8) is 0 Å². The fourth-order valence-electron chi connectivity index (χ4n) is 1.44. The Bertz CT molecular complexity index is 620. The molecule has 0 spiro atoms. The first-order chi connectivity index (χ1) is 8.93. The van der Waals surface area contributed by atoms with Crippen molar-refractivity contribution in [2.45, 2.75) is 6.18 Å². The largest absolute Gasteiger partial charge is 0.435 e. The maximum absolute atomic E-state index is 12.5. The van der Waals surface area contributed by atoms with Gasteiger partial charge in [-0.15, -0.1) is 0 Å². The van der Waals surface area contributed by atoms with E-state index in [1.165, 1.54) is 18.3 Å². The zero-order chi connectivity index (χ0) is 14.0. The van der Waals surface area contributed by atoms with Crippen LogP contribution in [0.2, 0.25) is 0 Å². The number of amidine groups is 1. The zero-order valence-electron chi connectivity index (χ0n) is 9.33. The average Bonchev–Trinajstić information content (AvgIpc) is 2.87. The summed E-state index contributed by atoms with van der Waals surface area (Å²) in [5, 5.41) is 14.8. The molecule has 0 aliphatic heterocycles. The van der Waals surface area contributed by atoms with E-state index in [-0.39, 0.29) is 17.2 Å². The van der Waals surface area contributed by atoms with Crippen LogP contribution in [0.4, 0.5) is 13.2 Å². The molecule has 2 rings (SSSR count). The number of rotatable bonds is 2. The minimum atomic E-state index is -4.54. The molecule has 0 atom stereocenters.